The minimum atomic E-state index is -0.633. The summed E-state index contributed by atoms with van der Waals surface area (Å²) in [4.78, 5) is 45.0. The van der Waals surface area contributed by atoms with Crippen LogP contribution in [0.3, 0.4) is 0 Å². The van der Waals surface area contributed by atoms with E-state index in [0.717, 1.165) is 11.3 Å². The molecule has 2 aromatic carbocycles. The van der Waals surface area contributed by atoms with Crippen molar-refractivity contribution < 1.29 is 18.8 Å². The fraction of sp³-hybridized carbons (Fsp3) is 0.250. The van der Waals surface area contributed by atoms with Gasteiger partial charge in [0.1, 0.15) is 6.26 Å². The number of hydrogen-bond acceptors (Lipinski definition) is 5. The lowest BCUT2D eigenvalue weighted by Crippen LogP contribution is -2.49. The molecule has 176 valence electrons. The molecule has 9 nitrogen and oxygen atoms in total. The Kier molecular flexibility index (Phi) is 6.56. The Labute approximate surface area is 201 Å². The van der Waals surface area contributed by atoms with Crippen molar-refractivity contribution in [2.45, 2.75) is 26.4 Å². The number of halogens is 1. The number of carbonyl (C=O) groups is 3. The van der Waals surface area contributed by atoms with Crippen LogP contribution in [0.4, 0.5) is 10.5 Å². The van der Waals surface area contributed by atoms with Crippen LogP contribution in [-0.2, 0) is 11.3 Å². The molecule has 1 aliphatic rings. The predicted molar refractivity (Wildman–Crippen MR) is 127 cm³/mol. The van der Waals surface area contributed by atoms with Gasteiger partial charge < -0.3 is 25.3 Å². The number of aromatic nitrogens is 1. The number of carbonyl (C=O) groups excluding carboxylic acids is 3. The first-order valence-corrected chi connectivity index (χ1v) is 11.1. The molecule has 10 heteroatoms. The summed E-state index contributed by atoms with van der Waals surface area (Å²) in [6, 6.07) is 11.6. The summed E-state index contributed by atoms with van der Waals surface area (Å²) < 4.78 is 5.43. The van der Waals surface area contributed by atoms with Crippen LogP contribution in [0.15, 0.2) is 53.1 Å². The number of para-hydroxylation sites is 1. The highest BCUT2D eigenvalue weighted by Gasteiger charge is 2.32. The fourth-order valence-electron chi connectivity index (χ4n) is 3.89. The van der Waals surface area contributed by atoms with Gasteiger partial charge in [-0.05, 0) is 43.7 Å². The second-order valence-electron chi connectivity index (χ2n) is 8.14. The first-order chi connectivity index (χ1) is 16.2. The highest BCUT2D eigenvalue weighted by Crippen LogP contribution is 2.31. The number of rotatable bonds is 4. The molecular formula is C24H24ClN5O4. The number of hydrogen-bond donors (Lipinski definition) is 2. The summed E-state index contributed by atoms with van der Waals surface area (Å²) in [5.74, 6) is -0.505. The summed E-state index contributed by atoms with van der Waals surface area (Å²) in [6.07, 6.45) is 1.54. The maximum absolute atomic E-state index is 13.6. The van der Waals surface area contributed by atoms with Crippen molar-refractivity contribution in [1.82, 2.24) is 15.2 Å². The molecule has 0 radical (unpaired) electrons. The van der Waals surface area contributed by atoms with Crippen molar-refractivity contribution in [3.63, 3.8) is 0 Å². The highest BCUT2D eigenvalue weighted by atomic mass is 35.5. The molecule has 0 fully saturated rings. The lowest BCUT2D eigenvalue weighted by atomic mass is 10.1. The Hall–Kier alpha value is -3.85. The number of urea groups is 1. The summed E-state index contributed by atoms with van der Waals surface area (Å²) in [6.45, 7) is 3.89. The maximum Gasteiger partial charge on any atom is 0.318 e. The van der Waals surface area contributed by atoms with E-state index in [0.29, 0.717) is 22.7 Å². The molecule has 1 aliphatic heterocycles. The Morgan fingerprint density at radius 2 is 2.00 bits per heavy atom. The van der Waals surface area contributed by atoms with E-state index in [-0.39, 0.29) is 36.6 Å². The predicted octanol–water partition coefficient (Wildman–Crippen LogP) is 3.35. The number of nitrogens with one attached hydrogen (secondary N) is 1. The fourth-order valence-corrected chi connectivity index (χ4v) is 4.15. The number of nitrogens with two attached hydrogens (primary N) is 1. The molecule has 2 heterocycles. The van der Waals surface area contributed by atoms with Gasteiger partial charge in [-0.2, -0.15) is 0 Å². The van der Waals surface area contributed by atoms with E-state index < -0.39 is 11.9 Å². The molecule has 4 rings (SSSR count). The molecule has 3 aromatic rings. The quantitative estimate of drug-likeness (QED) is 0.591. The minimum Gasteiger partial charge on any atom is -0.444 e. The van der Waals surface area contributed by atoms with Crippen molar-refractivity contribution in [2.24, 2.45) is 5.73 Å². The normalized spacial score (nSPS) is 15.4. The summed E-state index contributed by atoms with van der Waals surface area (Å²) in [5, 5.41) is 2.79. The molecule has 0 saturated heterocycles. The average molecular weight is 482 g/mol. The third kappa shape index (κ3) is 4.74. The van der Waals surface area contributed by atoms with Crippen LogP contribution < -0.4 is 16.0 Å². The van der Waals surface area contributed by atoms with Gasteiger partial charge in [0.2, 0.25) is 11.8 Å². The molecule has 0 saturated carbocycles. The maximum atomic E-state index is 13.6. The van der Waals surface area contributed by atoms with Crippen LogP contribution in [0.5, 0.6) is 0 Å². The van der Waals surface area contributed by atoms with Crippen molar-refractivity contribution in [3.8, 4) is 11.5 Å². The SMILES string of the molecule is Cc1coc(-c2ccc(C(=O)N3C[C@@H](C)N(C(=O)NCC(N)=O)Cc4ccccc43)c(Cl)c2)n1. The van der Waals surface area contributed by atoms with Crippen molar-refractivity contribution in [2.75, 3.05) is 18.0 Å². The van der Waals surface area contributed by atoms with E-state index in [1.54, 1.807) is 34.3 Å². The van der Waals surface area contributed by atoms with Gasteiger partial charge in [-0.3, -0.25) is 9.59 Å². The van der Waals surface area contributed by atoms with Crippen LogP contribution in [0.25, 0.3) is 11.5 Å². The second kappa shape index (κ2) is 9.56. The van der Waals surface area contributed by atoms with Crippen LogP contribution >= 0.6 is 11.6 Å². The van der Waals surface area contributed by atoms with E-state index in [1.807, 2.05) is 38.1 Å². The Morgan fingerprint density at radius 3 is 2.68 bits per heavy atom. The van der Waals surface area contributed by atoms with Gasteiger partial charge in [0.25, 0.3) is 5.91 Å². The number of aryl methyl sites for hydroxylation is 1. The standard InChI is InChI=1S/C24H24ClN5O4/c1-14-13-34-22(28-14)16-7-8-18(19(25)9-16)23(32)30-11-15(2)29(24(33)27-10-21(26)31)12-17-5-3-4-6-20(17)30/h3-9,13,15H,10-12H2,1-2H3,(H2,26,31)(H,27,33)/t15-/m1/s1. The number of anilines is 1. The van der Waals surface area contributed by atoms with Crippen molar-refractivity contribution >= 4 is 35.1 Å². The molecule has 0 aliphatic carbocycles. The summed E-state index contributed by atoms with van der Waals surface area (Å²) in [5.41, 5.74) is 8.36. The van der Waals surface area contributed by atoms with Crippen molar-refractivity contribution in [3.05, 3.63) is 70.6 Å². The molecule has 0 spiro atoms. The van der Waals surface area contributed by atoms with Gasteiger partial charge in [-0.1, -0.05) is 29.8 Å². The first-order valence-electron chi connectivity index (χ1n) is 10.7. The molecule has 1 atom stereocenters. The molecule has 0 unspecified atom stereocenters. The number of nitrogens with zero attached hydrogens (tertiary/aromatic N) is 3. The minimum absolute atomic E-state index is 0.233. The second-order valence-corrected chi connectivity index (χ2v) is 8.54. The molecule has 1 aromatic heterocycles. The third-order valence-corrected chi connectivity index (χ3v) is 5.90. The van der Waals surface area contributed by atoms with Crippen LogP contribution in [0, 0.1) is 6.92 Å². The highest BCUT2D eigenvalue weighted by molar-refractivity contribution is 6.34. The van der Waals surface area contributed by atoms with E-state index in [9.17, 15) is 14.4 Å². The van der Waals surface area contributed by atoms with Crippen LogP contribution in [0.2, 0.25) is 5.02 Å². The van der Waals surface area contributed by atoms with Crippen molar-refractivity contribution in [1.29, 1.82) is 0 Å². The Bertz CT molecular complexity index is 1260. The van der Waals surface area contributed by atoms with Gasteiger partial charge in [-0.25, -0.2) is 9.78 Å². The number of benzene rings is 2. The first kappa shape index (κ1) is 23.3. The largest absolute Gasteiger partial charge is 0.444 e. The smallest absolute Gasteiger partial charge is 0.318 e. The lowest BCUT2D eigenvalue weighted by molar-refractivity contribution is -0.117. The monoisotopic (exact) mass is 481 g/mol. The van der Waals surface area contributed by atoms with Crippen LogP contribution in [0.1, 0.15) is 28.5 Å². The average Bonchev–Trinajstić information content (AvgIpc) is 3.18. The van der Waals surface area contributed by atoms with Crippen LogP contribution in [-0.4, -0.2) is 46.9 Å². The third-order valence-electron chi connectivity index (χ3n) is 5.59. The zero-order valence-corrected chi connectivity index (χ0v) is 19.5. The Balaban J connectivity index is 1.64. The zero-order chi connectivity index (χ0) is 24.4. The molecular weight excluding hydrogens is 458 g/mol. The molecule has 4 amide bonds. The van der Waals surface area contributed by atoms with Gasteiger partial charge in [-0.15, -0.1) is 0 Å². The summed E-state index contributed by atoms with van der Waals surface area (Å²) >= 11 is 6.52. The van der Waals surface area contributed by atoms with Gasteiger partial charge in [0, 0.05) is 30.4 Å². The molecule has 34 heavy (non-hydrogen) atoms. The van der Waals surface area contributed by atoms with Gasteiger partial charge in [0.05, 0.1) is 22.8 Å². The van der Waals surface area contributed by atoms with E-state index >= 15 is 0 Å². The zero-order valence-electron chi connectivity index (χ0n) is 18.7. The van der Waals surface area contributed by atoms with Gasteiger partial charge >= 0.3 is 6.03 Å². The van der Waals surface area contributed by atoms with E-state index in [4.69, 9.17) is 21.8 Å². The number of primary amides is 1. The Morgan fingerprint density at radius 1 is 1.24 bits per heavy atom. The number of amides is 4. The number of fused-ring (bicyclic) bond motifs is 1. The number of oxazole rings is 1. The van der Waals surface area contributed by atoms with Gasteiger partial charge in [0.15, 0.2) is 0 Å². The summed E-state index contributed by atoms with van der Waals surface area (Å²) in [7, 11) is 0. The molecule has 3 N–H and O–H groups in total. The van der Waals surface area contributed by atoms with E-state index in [2.05, 4.69) is 10.3 Å². The van der Waals surface area contributed by atoms with E-state index in [1.165, 1.54) is 0 Å². The lowest BCUT2D eigenvalue weighted by Gasteiger charge is -2.29. The topological polar surface area (TPSA) is 122 Å². The molecule has 0 bridgehead atoms.